The van der Waals surface area contributed by atoms with Crippen LogP contribution in [0.5, 0.6) is 11.5 Å². The second kappa shape index (κ2) is 13.6. The molecule has 33 heavy (non-hydrogen) atoms. The third-order valence-corrected chi connectivity index (χ3v) is 5.73. The van der Waals surface area contributed by atoms with Gasteiger partial charge in [-0.05, 0) is 30.0 Å². The Morgan fingerprint density at radius 2 is 1.85 bits per heavy atom. The van der Waals surface area contributed by atoms with Gasteiger partial charge in [0, 0.05) is 6.54 Å². The maximum atomic E-state index is 12.7. The van der Waals surface area contributed by atoms with Crippen molar-refractivity contribution in [2.75, 3.05) is 27.4 Å². The van der Waals surface area contributed by atoms with Gasteiger partial charge in [-0.1, -0.05) is 38.2 Å². The molecule has 0 saturated heterocycles. The molecule has 0 bridgehead atoms. The summed E-state index contributed by atoms with van der Waals surface area (Å²) in [7, 11) is 3.04. The van der Waals surface area contributed by atoms with Gasteiger partial charge >= 0.3 is 0 Å². The maximum Gasteiger partial charge on any atom is 0.242 e. The number of carbonyl (C=O) groups excluding carboxylic acids is 2. The van der Waals surface area contributed by atoms with E-state index >= 15 is 0 Å². The normalized spacial score (nSPS) is 15.8. The van der Waals surface area contributed by atoms with Crippen LogP contribution in [0.25, 0.3) is 0 Å². The fourth-order valence-electron chi connectivity index (χ4n) is 3.96. The molecule has 1 fully saturated rings. The highest BCUT2D eigenvalue weighted by molar-refractivity contribution is 5.98. The molecule has 0 radical (unpaired) electrons. The zero-order chi connectivity index (χ0) is 24.2. The van der Waals surface area contributed by atoms with Crippen LogP contribution in [0, 0.1) is 11.3 Å². The van der Waals surface area contributed by atoms with Gasteiger partial charge in [-0.15, -0.1) is 0 Å². The van der Waals surface area contributed by atoms with Crippen LogP contribution in [-0.4, -0.2) is 67.5 Å². The number of ether oxygens (including phenoxy) is 2. The summed E-state index contributed by atoms with van der Waals surface area (Å²) >= 11 is 0. The molecular weight excluding hydrogens is 428 g/mol. The SMILES string of the molecule is COc1ccc(CC(=O)NC(=N)N[C@H](CC2CCCCC2)C(=O)NC[C@H](O)CO)cc1OC. The zero-order valence-corrected chi connectivity index (χ0v) is 19.4. The van der Waals surface area contributed by atoms with E-state index in [9.17, 15) is 14.7 Å². The number of nitrogens with one attached hydrogen (secondary N) is 4. The second-order valence-electron chi connectivity index (χ2n) is 8.31. The smallest absolute Gasteiger partial charge is 0.242 e. The van der Waals surface area contributed by atoms with E-state index in [-0.39, 0.29) is 24.8 Å². The van der Waals surface area contributed by atoms with Gasteiger partial charge in [0.2, 0.25) is 11.8 Å². The van der Waals surface area contributed by atoms with Crippen LogP contribution >= 0.6 is 0 Å². The molecule has 1 saturated carbocycles. The predicted molar refractivity (Wildman–Crippen MR) is 123 cm³/mol. The number of benzene rings is 1. The van der Waals surface area contributed by atoms with Crippen molar-refractivity contribution in [2.24, 2.45) is 5.92 Å². The van der Waals surface area contributed by atoms with Crippen molar-refractivity contribution in [1.82, 2.24) is 16.0 Å². The van der Waals surface area contributed by atoms with Crippen molar-refractivity contribution in [2.45, 2.75) is 57.1 Å². The summed E-state index contributed by atoms with van der Waals surface area (Å²) in [4.78, 5) is 25.1. The van der Waals surface area contributed by atoms with Crippen molar-refractivity contribution >= 4 is 17.8 Å². The molecule has 2 rings (SSSR count). The van der Waals surface area contributed by atoms with Crippen molar-refractivity contribution in [3.05, 3.63) is 23.8 Å². The number of hydrogen-bond donors (Lipinski definition) is 6. The Labute approximate surface area is 194 Å². The fraction of sp³-hybridized carbons (Fsp3) is 0.609. The molecule has 6 N–H and O–H groups in total. The molecule has 0 aliphatic heterocycles. The van der Waals surface area contributed by atoms with E-state index in [1.54, 1.807) is 18.2 Å². The first kappa shape index (κ1) is 26.4. The minimum absolute atomic E-state index is 0.0204. The topological polar surface area (TPSA) is 153 Å². The standard InChI is InChI=1S/C23H36N4O6/c1-32-19-9-8-16(11-20(19)33-2)12-21(30)27-23(24)26-18(10-15-6-4-3-5-7-15)22(31)25-13-17(29)14-28/h8-9,11,15,17-18,28-29H,3-7,10,12-14H2,1-2H3,(H,25,31)(H3,24,26,27,30)/t17-,18+/m0/s1. The van der Waals surface area contributed by atoms with Crippen molar-refractivity contribution in [1.29, 1.82) is 5.41 Å². The van der Waals surface area contributed by atoms with Crippen LogP contribution in [0.2, 0.25) is 0 Å². The lowest BCUT2D eigenvalue weighted by Crippen LogP contribution is -2.53. The van der Waals surface area contributed by atoms with Gasteiger partial charge in [0.1, 0.15) is 6.04 Å². The first-order valence-electron chi connectivity index (χ1n) is 11.3. The number of carbonyl (C=O) groups is 2. The summed E-state index contributed by atoms with van der Waals surface area (Å²) in [5, 5.41) is 34.5. The number of hydrogen-bond acceptors (Lipinski definition) is 7. The minimum Gasteiger partial charge on any atom is -0.493 e. The Morgan fingerprint density at radius 3 is 2.48 bits per heavy atom. The highest BCUT2D eigenvalue weighted by Crippen LogP contribution is 2.28. The van der Waals surface area contributed by atoms with E-state index in [1.165, 1.54) is 20.6 Å². The van der Waals surface area contributed by atoms with Gasteiger partial charge in [0.15, 0.2) is 17.5 Å². The molecule has 0 heterocycles. The van der Waals surface area contributed by atoms with E-state index in [1.807, 2.05) is 0 Å². The lowest BCUT2D eigenvalue weighted by atomic mass is 9.84. The molecule has 2 amide bonds. The highest BCUT2D eigenvalue weighted by atomic mass is 16.5. The van der Waals surface area contributed by atoms with E-state index in [0.29, 0.717) is 29.4 Å². The van der Waals surface area contributed by atoms with Crippen molar-refractivity contribution in [3.63, 3.8) is 0 Å². The molecule has 1 aliphatic rings. The maximum absolute atomic E-state index is 12.7. The van der Waals surface area contributed by atoms with E-state index in [0.717, 1.165) is 25.7 Å². The molecule has 1 aromatic carbocycles. The van der Waals surface area contributed by atoms with Crippen molar-refractivity contribution < 1.29 is 29.3 Å². The first-order chi connectivity index (χ1) is 15.9. The Hall–Kier alpha value is -2.85. The molecule has 1 aliphatic carbocycles. The van der Waals surface area contributed by atoms with Gasteiger partial charge in [-0.2, -0.15) is 0 Å². The molecule has 10 heteroatoms. The lowest BCUT2D eigenvalue weighted by Gasteiger charge is -2.27. The number of methoxy groups -OCH3 is 2. The Morgan fingerprint density at radius 1 is 1.15 bits per heavy atom. The molecule has 0 aromatic heterocycles. The van der Waals surface area contributed by atoms with Crippen molar-refractivity contribution in [3.8, 4) is 11.5 Å². The largest absolute Gasteiger partial charge is 0.493 e. The van der Waals surface area contributed by atoms with Gasteiger partial charge in [-0.3, -0.25) is 20.3 Å². The molecule has 1 aromatic rings. The minimum atomic E-state index is -1.05. The number of aliphatic hydroxyl groups is 2. The summed E-state index contributed by atoms with van der Waals surface area (Å²) in [5.74, 6) is 0.350. The summed E-state index contributed by atoms with van der Waals surface area (Å²) in [6.45, 7) is -0.541. The van der Waals surface area contributed by atoms with Gasteiger partial charge < -0.3 is 30.3 Å². The van der Waals surface area contributed by atoms with Crippen LogP contribution in [0.1, 0.15) is 44.1 Å². The van der Waals surface area contributed by atoms with Crippen LogP contribution in [0.3, 0.4) is 0 Å². The van der Waals surface area contributed by atoms with E-state index in [4.69, 9.17) is 20.0 Å². The van der Waals surface area contributed by atoms with Crippen LogP contribution < -0.4 is 25.4 Å². The third-order valence-electron chi connectivity index (χ3n) is 5.73. The van der Waals surface area contributed by atoms with Gasteiger partial charge in [0.05, 0.1) is 33.4 Å². The average Bonchev–Trinajstić information content (AvgIpc) is 2.82. The molecule has 0 unspecified atom stereocenters. The molecule has 0 spiro atoms. The molecule has 10 nitrogen and oxygen atoms in total. The fourth-order valence-corrected chi connectivity index (χ4v) is 3.96. The monoisotopic (exact) mass is 464 g/mol. The summed E-state index contributed by atoms with van der Waals surface area (Å²) < 4.78 is 10.4. The summed E-state index contributed by atoms with van der Waals surface area (Å²) in [6, 6.07) is 4.41. The molecule has 184 valence electrons. The van der Waals surface area contributed by atoms with E-state index in [2.05, 4.69) is 16.0 Å². The van der Waals surface area contributed by atoms with Gasteiger partial charge in [-0.25, -0.2) is 0 Å². The molecular formula is C23H36N4O6. The number of guanidine groups is 1. The zero-order valence-electron chi connectivity index (χ0n) is 19.4. The van der Waals surface area contributed by atoms with Crippen LogP contribution in [0.4, 0.5) is 0 Å². The quantitative estimate of drug-likeness (QED) is 0.208. The Bertz CT molecular complexity index is 797. The third kappa shape index (κ3) is 8.89. The Kier molecular flexibility index (Phi) is 10.9. The van der Waals surface area contributed by atoms with Gasteiger partial charge in [0.25, 0.3) is 0 Å². The number of aliphatic hydroxyl groups excluding tert-OH is 2. The lowest BCUT2D eigenvalue weighted by molar-refractivity contribution is -0.124. The second-order valence-corrected chi connectivity index (χ2v) is 8.31. The van der Waals surface area contributed by atoms with E-state index < -0.39 is 24.7 Å². The van der Waals surface area contributed by atoms with Crippen LogP contribution in [-0.2, 0) is 16.0 Å². The summed E-state index contributed by atoms with van der Waals surface area (Å²) in [5.41, 5.74) is 0.687. The predicted octanol–water partition coefficient (Wildman–Crippen LogP) is 0.695. The Balaban J connectivity index is 1.95. The summed E-state index contributed by atoms with van der Waals surface area (Å²) in [6.07, 6.45) is 4.94. The number of amides is 2. The highest BCUT2D eigenvalue weighted by Gasteiger charge is 2.26. The van der Waals surface area contributed by atoms with Crippen LogP contribution in [0.15, 0.2) is 18.2 Å². The molecule has 2 atom stereocenters. The average molecular weight is 465 g/mol. The number of rotatable bonds is 11. The first-order valence-corrected chi connectivity index (χ1v) is 11.3.